The lowest BCUT2D eigenvalue weighted by Crippen LogP contribution is -2.45. The number of halogens is 1. The molecule has 1 aromatic carbocycles. The second-order valence-corrected chi connectivity index (χ2v) is 10.8. The lowest BCUT2D eigenvalue weighted by atomic mass is 9.98. The lowest BCUT2D eigenvalue weighted by Gasteiger charge is -2.31. The number of hydrogen-bond donors (Lipinski definition) is 1. The number of thioether (sulfide) groups is 1. The Bertz CT molecular complexity index is 753. The van der Waals surface area contributed by atoms with Crippen LogP contribution in [0.4, 0.5) is 0 Å². The van der Waals surface area contributed by atoms with E-state index < -0.39 is 10.0 Å². The minimum atomic E-state index is -3.05. The van der Waals surface area contributed by atoms with Crippen molar-refractivity contribution in [2.24, 2.45) is 16.8 Å². The van der Waals surface area contributed by atoms with Crippen LogP contribution in [0, 0.1) is 11.8 Å². The van der Waals surface area contributed by atoms with Gasteiger partial charge in [0.2, 0.25) is 10.0 Å². The van der Waals surface area contributed by atoms with Gasteiger partial charge in [-0.05, 0) is 43.2 Å². The summed E-state index contributed by atoms with van der Waals surface area (Å²) < 4.78 is 24.9. The van der Waals surface area contributed by atoms with Gasteiger partial charge in [0.1, 0.15) is 0 Å². The van der Waals surface area contributed by atoms with Crippen molar-refractivity contribution in [1.29, 1.82) is 0 Å². The topological polar surface area (TPSA) is 65.0 Å². The average Bonchev–Trinajstić information content (AvgIpc) is 3.16. The molecule has 0 spiro atoms. The smallest absolute Gasteiger partial charge is 0.211 e. The number of likely N-dealkylation sites (tertiary alicyclic amines) is 1. The van der Waals surface area contributed by atoms with Crippen LogP contribution in [0.15, 0.2) is 40.2 Å². The number of nitrogens with one attached hydrogen (secondary N) is 1. The number of guanidine groups is 1. The summed E-state index contributed by atoms with van der Waals surface area (Å²) in [5.41, 5.74) is 0. The largest absolute Gasteiger partial charge is 0.356 e. The summed E-state index contributed by atoms with van der Waals surface area (Å²) in [6.45, 7) is 4.22. The van der Waals surface area contributed by atoms with Crippen molar-refractivity contribution in [3.63, 3.8) is 0 Å². The van der Waals surface area contributed by atoms with Crippen LogP contribution in [-0.4, -0.2) is 75.4 Å². The molecule has 0 radical (unpaired) electrons. The number of aliphatic imine (C=N–C) groups is 1. The molecule has 3 rings (SSSR count). The van der Waals surface area contributed by atoms with Gasteiger partial charge in [0.15, 0.2) is 5.96 Å². The number of sulfonamides is 1. The summed E-state index contributed by atoms with van der Waals surface area (Å²) in [5.74, 6) is 3.31. The summed E-state index contributed by atoms with van der Waals surface area (Å²) in [6.07, 6.45) is 4.32. The van der Waals surface area contributed by atoms with Crippen LogP contribution in [0.5, 0.6) is 0 Å². The maximum Gasteiger partial charge on any atom is 0.211 e. The Morgan fingerprint density at radius 1 is 1.14 bits per heavy atom. The molecule has 2 aliphatic heterocycles. The van der Waals surface area contributed by atoms with Crippen LogP contribution in [0.1, 0.15) is 19.3 Å². The van der Waals surface area contributed by atoms with Gasteiger partial charge in [-0.3, -0.25) is 4.99 Å². The van der Waals surface area contributed by atoms with E-state index in [-0.39, 0.29) is 24.0 Å². The summed E-state index contributed by atoms with van der Waals surface area (Å²) in [6, 6.07) is 10.6. The number of piperidine rings is 1. The summed E-state index contributed by atoms with van der Waals surface area (Å²) in [5, 5.41) is 3.53. The summed E-state index contributed by atoms with van der Waals surface area (Å²) >= 11 is 1.94. The van der Waals surface area contributed by atoms with Gasteiger partial charge in [-0.1, -0.05) is 18.2 Å². The number of hydrogen-bond acceptors (Lipinski definition) is 4. The minimum absolute atomic E-state index is 0. The molecule has 2 aliphatic rings. The van der Waals surface area contributed by atoms with Gasteiger partial charge in [0.05, 0.1) is 6.26 Å². The molecule has 164 valence electrons. The van der Waals surface area contributed by atoms with Crippen molar-refractivity contribution >= 4 is 51.7 Å². The van der Waals surface area contributed by atoms with Crippen molar-refractivity contribution in [1.82, 2.24) is 14.5 Å². The molecule has 2 saturated heterocycles. The van der Waals surface area contributed by atoms with Crippen molar-refractivity contribution < 1.29 is 8.42 Å². The molecule has 1 N–H and O–H groups in total. The van der Waals surface area contributed by atoms with E-state index in [2.05, 4.69) is 45.5 Å². The van der Waals surface area contributed by atoms with E-state index in [9.17, 15) is 8.42 Å². The van der Waals surface area contributed by atoms with Crippen molar-refractivity contribution in [2.75, 3.05) is 51.8 Å². The van der Waals surface area contributed by atoms with Gasteiger partial charge in [-0.25, -0.2) is 12.7 Å². The van der Waals surface area contributed by atoms with Crippen LogP contribution in [0.2, 0.25) is 0 Å². The predicted octanol–water partition coefficient (Wildman–Crippen LogP) is 2.97. The molecule has 2 heterocycles. The van der Waals surface area contributed by atoms with E-state index in [1.54, 1.807) is 4.31 Å². The molecule has 0 bridgehead atoms. The Kier molecular flexibility index (Phi) is 10.0. The minimum Gasteiger partial charge on any atom is -0.356 e. The first-order valence-corrected chi connectivity index (χ1v) is 12.9. The van der Waals surface area contributed by atoms with Crippen LogP contribution in [-0.2, 0) is 10.0 Å². The van der Waals surface area contributed by atoms with Crippen molar-refractivity contribution in [2.45, 2.75) is 24.2 Å². The lowest BCUT2D eigenvalue weighted by molar-refractivity contribution is 0.273. The highest BCUT2D eigenvalue weighted by molar-refractivity contribution is 14.0. The molecule has 29 heavy (non-hydrogen) atoms. The molecule has 0 aromatic heterocycles. The fourth-order valence-corrected chi connectivity index (χ4v) is 5.83. The van der Waals surface area contributed by atoms with Crippen molar-refractivity contribution in [3.05, 3.63) is 30.3 Å². The Hall–Kier alpha value is -0.520. The van der Waals surface area contributed by atoms with Crippen LogP contribution in [0.25, 0.3) is 0 Å². The Labute approximate surface area is 197 Å². The van der Waals surface area contributed by atoms with Crippen molar-refractivity contribution in [3.8, 4) is 0 Å². The highest BCUT2D eigenvalue weighted by Crippen LogP contribution is 2.26. The van der Waals surface area contributed by atoms with Crippen LogP contribution < -0.4 is 5.32 Å². The Morgan fingerprint density at radius 2 is 1.79 bits per heavy atom. The second-order valence-electron chi connectivity index (χ2n) is 7.76. The molecule has 1 aromatic rings. The Balaban J connectivity index is 0.00000300. The molecule has 1 atom stereocenters. The highest BCUT2D eigenvalue weighted by atomic mass is 127. The first-order valence-electron chi connectivity index (χ1n) is 10.0. The molecule has 1 unspecified atom stereocenters. The average molecular weight is 553 g/mol. The van der Waals surface area contributed by atoms with Gasteiger partial charge >= 0.3 is 0 Å². The molecule has 0 aliphatic carbocycles. The SMILES string of the molecule is CN=C(NCC1CCN(S(C)(=O)=O)CC1)N1CCC(CSc2ccccc2)C1.I. The standard InChI is InChI=1S/C20H32N4O2S2.HI/c1-21-20(22-14-17-9-12-24(13-10-17)28(2,25)26)23-11-8-18(15-23)16-27-19-6-4-3-5-7-19;/h3-7,17-18H,8-16H2,1-2H3,(H,21,22);1H. The van der Waals surface area contributed by atoms with Gasteiger partial charge in [0, 0.05) is 50.4 Å². The fraction of sp³-hybridized carbons (Fsp3) is 0.650. The molecule has 0 amide bonds. The molecular formula is C20H33IN4O2S2. The molecule has 2 fully saturated rings. The van der Waals surface area contributed by atoms with E-state index in [1.807, 2.05) is 18.8 Å². The molecule has 0 saturated carbocycles. The van der Waals surface area contributed by atoms with E-state index in [1.165, 1.54) is 17.6 Å². The first kappa shape index (κ1) is 24.7. The maximum absolute atomic E-state index is 11.6. The number of nitrogens with zero attached hydrogens (tertiary/aromatic N) is 3. The van der Waals surface area contributed by atoms with E-state index in [0.29, 0.717) is 24.9 Å². The molecular weight excluding hydrogens is 519 g/mol. The summed E-state index contributed by atoms with van der Waals surface area (Å²) in [7, 11) is -1.20. The highest BCUT2D eigenvalue weighted by Gasteiger charge is 2.27. The normalized spacial score (nSPS) is 21.8. The molecule has 6 nitrogen and oxygen atoms in total. The molecule has 9 heteroatoms. The monoisotopic (exact) mass is 552 g/mol. The van der Waals surface area contributed by atoms with Gasteiger partial charge < -0.3 is 10.2 Å². The summed E-state index contributed by atoms with van der Waals surface area (Å²) in [4.78, 5) is 8.18. The van der Waals surface area contributed by atoms with Crippen LogP contribution >= 0.6 is 35.7 Å². The predicted molar refractivity (Wildman–Crippen MR) is 133 cm³/mol. The quantitative estimate of drug-likeness (QED) is 0.255. The third-order valence-electron chi connectivity index (χ3n) is 5.62. The Morgan fingerprint density at radius 3 is 2.41 bits per heavy atom. The third kappa shape index (κ3) is 7.59. The van der Waals surface area contributed by atoms with Crippen LogP contribution in [0.3, 0.4) is 0 Å². The van der Waals surface area contributed by atoms with Gasteiger partial charge in [-0.2, -0.15) is 0 Å². The zero-order valence-corrected chi connectivity index (χ0v) is 21.3. The first-order chi connectivity index (χ1) is 13.5. The number of rotatable bonds is 6. The maximum atomic E-state index is 11.6. The van der Waals surface area contributed by atoms with E-state index >= 15 is 0 Å². The van der Waals surface area contributed by atoms with Gasteiger partial charge in [0.25, 0.3) is 0 Å². The van der Waals surface area contributed by atoms with E-state index in [4.69, 9.17) is 0 Å². The zero-order valence-electron chi connectivity index (χ0n) is 17.3. The zero-order chi connectivity index (χ0) is 20.0. The second kappa shape index (κ2) is 11.8. The van der Waals surface area contributed by atoms with Gasteiger partial charge in [-0.15, -0.1) is 35.7 Å². The fourth-order valence-electron chi connectivity index (χ4n) is 3.90. The van der Waals surface area contributed by atoms with E-state index in [0.717, 1.165) is 44.2 Å². The third-order valence-corrected chi connectivity index (χ3v) is 8.16. The number of benzene rings is 1.